The van der Waals surface area contributed by atoms with E-state index in [1.165, 1.54) is 13.0 Å². The van der Waals surface area contributed by atoms with E-state index in [9.17, 15) is 24.6 Å². The zero-order valence-corrected chi connectivity index (χ0v) is 21.1. The lowest BCUT2D eigenvalue weighted by atomic mass is 9.43. The molecule has 7 atom stereocenters. The summed E-state index contributed by atoms with van der Waals surface area (Å²) in [6.07, 6.45) is -0.440. The average molecular weight is 487 g/mol. The molecule has 0 aromatic heterocycles. The number of hydrogen-bond acceptors (Lipinski definition) is 8. The summed E-state index contributed by atoms with van der Waals surface area (Å²) >= 11 is 0. The highest BCUT2D eigenvalue weighted by molar-refractivity contribution is 5.96. The minimum atomic E-state index is -0.951. The maximum Gasteiger partial charge on any atom is 0.342 e. The van der Waals surface area contributed by atoms with Crippen molar-refractivity contribution in [1.29, 1.82) is 0 Å². The summed E-state index contributed by atoms with van der Waals surface area (Å²) in [5, 5.41) is 22.2. The van der Waals surface area contributed by atoms with Crippen molar-refractivity contribution in [2.24, 2.45) is 22.7 Å². The molecule has 2 N–H and O–H groups in total. The minimum absolute atomic E-state index is 0.0162. The smallest absolute Gasteiger partial charge is 0.342 e. The molecule has 5 rings (SSSR count). The molecule has 2 aliphatic carbocycles. The molecule has 190 valence electrons. The number of phenols is 1. The summed E-state index contributed by atoms with van der Waals surface area (Å²) < 4.78 is 17.5. The Morgan fingerprint density at radius 1 is 1.17 bits per heavy atom. The Labute approximate surface area is 204 Å². The number of cyclic esters (lactones) is 1. The highest BCUT2D eigenvalue weighted by Gasteiger charge is 2.66. The van der Waals surface area contributed by atoms with Crippen LogP contribution in [-0.4, -0.2) is 45.7 Å². The second kappa shape index (κ2) is 7.45. The number of aromatic hydroxyl groups is 1. The van der Waals surface area contributed by atoms with Crippen LogP contribution in [0.25, 0.3) is 0 Å². The molecule has 0 amide bonds. The molecule has 35 heavy (non-hydrogen) atoms. The van der Waals surface area contributed by atoms with Gasteiger partial charge in [-0.25, -0.2) is 4.79 Å². The quantitative estimate of drug-likeness (QED) is 0.578. The molecule has 0 saturated heterocycles. The van der Waals surface area contributed by atoms with Crippen molar-refractivity contribution in [2.75, 3.05) is 0 Å². The molecule has 2 heterocycles. The van der Waals surface area contributed by atoms with Gasteiger partial charge < -0.3 is 24.4 Å². The first-order valence-electron chi connectivity index (χ1n) is 12.4. The number of carbonyl (C=O) groups excluding carboxylic acids is 3. The molecule has 0 bridgehead atoms. The van der Waals surface area contributed by atoms with Crippen LogP contribution >= 0.6 is 0 Å². The molecular formula is C27H34O8. The number of phenolic OH excluding ortho intramolecular Hbond substituents is 1. The van der Waals surface area contributed by atoms with E-state index in [1.807, 2.05) is 20.8 Å². The van der Waals surface area contributed by atoms with Gasteiger partial charge in [-0.15, -0.1) is 0 Å². The minimum Gasteiger partial charge on any atom is -0.507 e. The van der Waals surface area contributed by atoms with E-state index in [1.54, 1.807) is 6.92 Å². The van der Waals surface area contributed by atoms with Crippen LogP contribution in [0.5, 0.6) is 11.5 Å². The Balaban J connectivity index is 1.70. The first-order valence-corrected chi connectivity index (χ1v) is 12.4. The van der Waals surface area contributed by atoms with Gasteiger partial charge in [-0.05, 0) is 44.4 Å². The van der Waals surface area contributed by atoms with Crippen LogP contribution in [0.3, 0.4) is 0 Å². The lowest BCUT2D eigenvalue weighted by Gasteiger charge is -2.64. The number of fused-ring (bicyclic) bond motifs is 6. The van der Waals surface area contributed by atoms with Crippen LogP contribution in [0.1, 0.15) is 88.4 Å². The van der Waals surface area contributed by atoms with Gasteiger partial charge in [0.2, 0.25) is 0 Å². The summed E-state index contributed by atoms with van der Waals surface area (Å²) in [4.78, 5) is 37.6. The van der Waals surface area contributed by atoms with Crippen molar-refractivity contribution >= 4 is 17.7 Å². The molecule has 4 aliphatic rings. The average Bonchev–Trinajstić information content (AvgIpc) is 2.75. The zero-order chi connectivity index (χ0) is 25.7. The maximum absolute atomic E-state index is 12.9. The van der Waals surface area contributed by atoms with Crippen LogP contribution in [0.15, 0.2) is 6.07 Å². The van der Waals surface area contributed by atoms with Crippen molar-refractivity contribution in [1.82, 2.24) is 0 Å². The van der Waals surface area contributed by atoms with Gasteiger partial charge in [0.25, 0.3) is 0 Å². The van der Waals surface area contributed by atoms with Gasteiger partial charge in [0, 0.05) is 41.9 Å². The summed E-state index contributed by atoms with van der Waals surface area (Å²) in [6.45, 7) is 11.0. The molecule has 0 unspecified atom stereocenters. The molecule has 2 aliphatic heterocycles. The number of rotatable bonds is 1. The number of ketones is 1. The fraction of sp³-hybridized carbons (Fsp3) is 0.667. The molecule has 2 saturated carbocycles. The lowest BCUT2D eigenvalue weighted by Crippen LogP contribution is -2.68. The van der Waals surface area contributed by atoms with Crippen LogP contribution in [0.4, 0.5) is 0 Å². The van der Waals surface area contributed by atoms with Gasteiger partial charge in [-0.1, -0.05) is 20.8 Å². The highest BCUT2D eigenvalue weighted by Crippen LogP contribution is 2.64. The fourth-order valence-corrected chi connectivity index (χ4v) is 7.63. The van der Waals surface area contributed by atoms with Crippen LogP contribution in [-0.2, 0) is 25.5 Å². The SMILES string of the molecule is CC(=O)O[C@H]1c2c3c(cc(O)c2C(=O)O[C@@H]1C)O[C@]1(C)[C@H](C3)[C@@]2(C)CCC(=O)C(C)(C)[C@@H]2C[C@@H]1O. The van der Waals surface area contributed by atoms with E-state index in [0.29, 0.717) is 42.6 Å². The predicted molar refractivity (Wildman–Crippen MR) is 124 cm³/mol. The molecule has 8 heteroatoms. The van der Waals surface area contributed by atoms with E-state index in [4.69, 9.17) is 14.2 Å². The lowest BCUT2D eigenvalue weighted by molar-refractivity contribution is -0.212. The largest absolute Gasteiger partial charge is 0.507 e. The second-order valence-corrected chi connectivity index (χ2v) is 11.8. The number of ether oxygens (including phenoxy) is 3. The second-order valence-electron chi connectivity index (χ2n) is 11.8. The van der Waals surface area contributed by atoms with E-state index in [-0.39, 0.29) is 34.3 Å². The van der Waals surface area contributed by atoms with Crippen molar-refractivity contribution in [3.05, 3.63) is 22.8 Å². The molecule has 1 aromatic rings. The van der Waals surface area contributed by atoms with Gasteiger partial charge in [0.05, 0.1) is 6.10 Å². The van der Waals surface area contributed by atoms with Gasteiger partial charge in [-0.2, -0.15) is 0 Å². The molecule has 8 nitrogen and oxygen atoms in total. The Morgan fingerprint density at radius 3 is 2.51 bits per heavy atom. The summed E-state index contributed by atoms with van der Waals surface area (Å²) in [5.41, 5.74) is -0.773. The number of hydrogen-bond donors (Lipinski definition) is 2. The Bertz CT molecular complexity index is 1140. The third kappa shape index (κ3) is 3.18. The van der Waals surface area contributed by atoms with Gasteiger partial charge in [0.15, 0.2) is 6.10 Å². The number of esters is 2. The summed E-state index contributed by atoms with van der Waals surface area (Å²) in [6, 6.07) is 1.40. The summed E-state index contributed by atoms with van der Waals surface area (Å²) in [5.74, 6) is -1.17. The summed E-state index contributed by atoms with van der Waals surface area (Å²) in [7, 11) is 0. The van der Waals surface area contributed by atoms with Crippen LogP contribution < -0.4 is 4.74 Å². The van der Waals surface area contributed by atoms with Crippen LogP contribution in [0.2, 0.25) is 0 Å². The third-order valence-electron chi connectivity index (χ3n) is 9.54. The van der Waals surface area contributed by atoms with Crippen LogP contribution in [0, 0.1) is 22.7 Å². The molecule has 2 fully saturated rings. The third-order valence-corrected chi connectivity index (χ3v) is 9.54. The van der Waals surface area contributed by atoms with Crippen molar-refractivity contribution < 1.29 is 38.8 Å². The Hall–Kier alpha value is -2.61. The normalized spacial score (nSPS) is 39.2. The van der Waals surface area contributed by atoms with Crippen molar-refractivity contribution in [2.45, 2.75) is 91.1 Å². The number of aliphatic hydroxyl groups is 1. The van der Waals surface area contributed by atoms with Gasteiger partial charge in [-0.3, -0.25) is 9.59 Å². The zero-order valence-electron chi connectivity index (χ0n) is 21.1. The standard InChI is InChI=1S/C27H34O8/c1-12-23(34-13(2)28)21-14-9-18-26(5)8-7-19(30)25(3,4)17(26)11-20(31)27(18,6)35-16(14)10-15(29)22(21)24(32)33-12/h10,12,17-18,20,23,29,31H,7-9,11H2,1-6H3/t12-,17+,18-,20+,23-,26+,27-/m1/s1. The first kappa shape index (κ1) is 24.1. The number of benzene rings is 1. The van der Waals surface area contributed by atoms with Gasteiger partial charge >= 0.3 is 11.9 Å². The predicted octanol–water partition coefficient (Wildman–Crippen LogP) is 3.64. The molecular weight excluding hydrogens is 452 g/mol. The Kier molecular flexibility index (Phi) is 5.13. The molecule has 1 aromatic carbocycles. The number of aliphatic hydroxyl groups excluding tert-OH is 1. The number of Topliss-reactive ketones (excluding diaryl/α,β-unsaturated/α-hetero) is 1. The monoisotopic (exact) mass is 486 g/mol. The van der Waals surface area contributed by atoms with Crippen molar-refractivity contribution in [3.8, 4) is 11.5 Å². The van der Waals surface area contributed by atoms with E-state index < -0.39 is 41.3 Å². The van der Waals surface area contributed by atoms with E-state index in [0.717, 1.165) is 0 Å². The topological polar surface area (TPSA) is 119 Å². The molecule has 0 radical (unpaired) electrons. The highest BCUT2D eigenvalue weighted by atomic mass is 16.6. The fourth-order valence-electron chi connectivity index (χ4n) is 7.63. The van der Waals surface area contributed by atoms with E-state index >= 15 is 0 Å². The number of carbonyl (C=O) groups is 3. The van der Waals surface area contributed by atoms with E-state index in [2.05, 4.69) is 6.92 Å². The molecule has 0 spiro atoms. The van der Waals surface area contributed by atoms with Gasteiger partial charge in [0.1, 0.15) is 34.6 Å². The van der Waals surface area contributed by atoms with Crippen molar-refractivity contribution in [3.63, 3.8) is 0 Å². The maximum atomic E-state index is 12.9. The first-order chi connectivity index (χ1) is 16.2. The Morgan fingerprint density at radius 2 is 1.86 bits per heavy atom.